The van der Waals surface area contributed by atoms with Crippen molar-refractivity contribution in [3.8, 4) is 0 Å². The van der Waals surface area contributed by atoms with Gasteiger partial charge in [0.25, 0.3) is 0 Å². The van der Waals surface area contributed by atoms with Crippen molar-refractivity contribution in [2.24, 2.45) is 0 Å². The SMILES string of the molecule is CCCC(NN1C=CC=C(C(=O)O)C1)c1ccccc1.Cl.Cl. The van der Waals surface area contributed by atoms with Crippen LogP contribution < -0.4 is 5.43 Å². The lowest BCUT2D eigenvalue weighted by Crippen LogP contribution is -2.39. The van der Waals surface area contributed by atoms with Crippen LogP contribution in [-0.4, -0.2) is 22.6 Å². The molecule has 0 fully saturated rings. The van der Waals surface area contributed by atoms with Crippen LogP contribution in [0.5, 0.6) is 0 Å². The summed E-state index contributed by atoms with van der Waals surface area (Å²) in [6.07, 6.45) is 7.33. The maximum atomic E-state index is 11.0. The summed E-state index contributed by atoms with van der Waals surface area (Å²) in [5.74, 6) is -0.868. The van der Waals surface area contributed by atoms with E-state index >= 15 is 0 Å². The molecule has 1 heterocycles. The molecule has 1 aromatic rings. The average Bonchev–Trinajstić information content (AvgIpc) is 2.48. The van der Waals surface area contributed by atoms with E-state index in [-0.39, 0.29) is 30.9 Å². The lowest BCUT2D eigenvalue weighted by Gasteiger charge is -2.29. The van der Waals surface area contributed by atoms with Gasteiger partial charge in [0.05, 0.1) is 18.2 Å². The fourth-order valence-corrected chi connectivity index (χ4v) is 2.26. The lowest BCUT2D eigenvalue weighted by atomic mass is 10.0. The topological polar surface area (TPSA) is 52.6 Å². The van der Waals surface area contributed by atoms with Gasteiger partial charge in [-0.2, -0.15) is 0 Å². The lowest BCUT2D eigenvalue weighted by molar-refractivity contribution is -0.133. The van der Waals surface area contributed by atoms with Crippen LogP contribution in [0.15, 0.2) is 54.3 Å². The van der Waals surface area contributed by atoms with Crippen molar-refractivity contribution in [1.29, 1.82) is 0 Å². The van der Waals surface area contributed by atoms with E-state index in [1.165, 1.54) is 5.56 Å². The Labute approximate surface area is 143 Å². The summed E-state index contributed by atoms with van der Waals surface area (Å²) in [5, 5.41) is 10.9. The molecule has 1 unspecified atom stereocenters. The van der Waals surface area contributed by atoms with Crippen LogP contribution in [0.2, 0.25) is 0 Å². The first-order valence-corrected chi connectivity index (χ1v) is 6.89. The molecule has 0 amide bonds. The minimum Gasteiger partial charge on any atom is -0.478 e. The van der Waals surface area contributed by atoms with Crippen molar-refractivity contribution in [2.75, 3.05) is 6.54 Å². The van der Waals surface area contributed by atoms with Gasteiger partial charge in [-0.25, -0.2) is 10.2 Å². The molecule has 4 nitrogen and oxygen atoms in total. The molecule has 2 rings (SSSR count). The molecule has 0 bridgehead atoms. The van der Waals surface area contributed by atoms with Crippen LogP contribution >= 0.6 is 24.8 Å². The average molecular weight is 345 g/mol. The number of benzene rings is 1. The number of carboxylic acids is 1. The van der Waals surface area contributed by atoms with Gasteiger partial charge in [0.15, 0.2) is 0 Å². The van der Waals surface area contributed by atoms with Gasteiger partial charge in [0.2, 0.25) is 0 Å². The van der Waals surface area contributed by atoms with E-state index in [4.69, 9.17) is 5.11 Å². The first-order valence-electron chi connectivity index (χ1n) is 6.89. The number of nitrogens with one attached hydrogen (secondary N) is 1. The van der Waals surface area contributed by atoms with Gasteiger partial charge in [0.1, 0.15) is 0 Å². The van der Waals surface area contributed by atoms with Gasteiger partial charge >= 0.3 is 5.97 Å². The third-order valence-electron chi connectivity index (χ3n) is 3.28. The Balaban J connectivity index is 0.00000220. The summed E-state index contributed by atoms with van der Waals surface area (Å²) in [5.41, 5.74) is 5.01. The van der Waals surface area contributed by atoms with Crippen LogP contribution in [0.25, 0.3) is 0 Å². The van der Waals surface area contributed by atoms with Crippen LogP contribution in [-0.2, 0) is 4.79 Å². The van der Waals surface area contributed by atoms with E-state index in [0.717, 1.165) is 12.8 Å². The molecular weight excluding hydrogens is 323 g/mol. The summed E-state index contributed by atoms with van der Waals surface area (Å²) in [7, 11) is 0. The third kappa shape index (κ3) is 5.72. The Hall–Kier alpha value is -1.49. The molecule has 1 aliphatic rings. The quantitative estimate of drug-likeness (QED) is 0.825. The van der Waals surface area contributed by atoms with E-state index in [9.17, 15) is 4.79 Å². The molecule has 122 valence electrons. The summed E-state index contributed by atoms with van der Waals surface area (Å²) < 4.78 is 0. The zero-order chi connectivity index (χ0) is 14.4. The Morgan fingerprint density at radius 1 is 1.32 bits per heavy atom. The smallest absolute Gasteiger partial charge is 0.333 e. The minimum absolute atomic E-state index is 0. The van der Waals surface area contributed by atoms with Crippen molar-refractivity contribution in [2.45, 2.75) is 25.8 Å². The molecule has 1 aromatic carbocycles. The summed E-state index contributed by atoms with van der Waals surface area (Å²) in [6.45, 7) is 2.52. The first-order chi connectivity index (χ1) is 9.70. The Kier molecular flexibility index (Phi) is 9.58. The van der Waals surface area contributed by atoms with E-state index < -0.39 is 5.97 Å². The minimum atomic E-state index is -0.868. The molecule has 6 heteroatoms. The number of rotatable bonds is 6. The molecule has 2 N–H and O–H groups in total. The molecule has 0 spiro atoms. The van der Waals surface area contributed by atoms with Crippen molar-refractivity contribution in [3.05, 3.63) is 59.8 Å². The molecule has 0 radical (unpaired) electrons. The van der Waals surface area contributed by atoms with E-state index in [2.05, 4.69) is 24.5 Å². The van der Waals surface area contributed by atoms with Crippen LogP contribution in [0, 0.1) is 0 Å². The Morgan fingerprint density at radius 2 is 2.00 bits per heavy atom. The number of aliphatic carboxylic acids is 1. The molecule has 0 aliphatic carbocycles. The van der Waals surface area contributed by atoms with Gasteiger partial charge in [0, 0.05) is 6.20 Å². The number of halogens is 2. The predicted molar refractivity (Wildman–Crippen MR) is 93.3 cm³/mol. The van der Waals surface area contributed by atoms with Crippen molar-refractivity contribution in [3.63, 3.8) is 0 Å². The highest BCUT2D eigenvalue weighted by Crippen LogP contribution is 2.19. The largest absolute Gasteiger partial charge is 0.478 e. The number of hydrogen-bond donors (Lipinski definition) is 2. The monoisotopic (exact) mass is 344 g/mol. The van der Waals surface area contributed by atoms with Gasteiger partial charge in [-0.3, -0.25) is 0 Å². The van der Waals surface area contributed by atoms with Gasteiger partial charge in [-0.05, 0) is 24.1 Å². The van der Waals surface area contributed by atoms with Crippen LogP contribution in [0.3, 0.4) is 0 Å². The Bertz CT molecular complexity index is 518. The molecule has 1 aliphatic heterocycles. The summed E-state index contributed by atoms with van der Waals surface area (Å²) >= 11 is 0. The zero-order valence-corrected chi connectivity index (χ0v) is 14.1. The van der Waals surface area contributed by atoms with Gasteiger partial charge in [-0.15, -0.1) is 24.8 Å². The maximum absolute atomic E-state index is 11.0. The standard InChI is InChI=1S/C16H20N2O2.2ClH/c1-2-7-15(13-8-4-3-5-9-13)17-18-11-6-10-14(12-18)16(19)20;;/h3-6,8-11,15,17H,2,7,12H2,1H3,(H,19,20);2*1H. The number of carboxylic acid groups (broad SMARTS) is 1. The number of hydrazine groups is 1. The van der Waals surface area contributed by atoms with Crippen molar-refractivity contribution in [1.82, 2.24) is 10.4 Å². The summed E-state index contributed by atoms with van der Waals surface area (Å²) in [4.78, 5) is 11.0. The second kappa shape index (κ2) is 10.3. The van der Waals surface area contributed by atoms with Crippen molar-refractivity contribution >= 4 is 30.8 Å². The fraction of sp³-hybridized carbons (Fsp3) is 0.312. The second-order valence-electron chi connectivity index (χ2n) is 4.85. The van der Waals surface area contributed by atoms with Gasteiger partial charge < -0.3 is 10.1 Å². The number of carbonyl (C=O) groups is 1. The number of hydrogen-bond acceptors (Lipinski definition) is 3. The highest BCUT2D eigenvalue weighted by Gasteiger charge is 2.17. The number of allylic oxidation sites excluding steroid dienone is 2. The van der Waals surface area contributed by atoms with Crippen LogP contribution in [0.1, 0.15) is 31.4 Å². The summed E-state index contributed by atoms with van der Waals surface area (Å²) in [6, 6.07) is 10.4. The zero-order valence-electron chi connectivity index (χ0n) is 12.4. The first kappa shape index (κ1) is 20.5. The highest BCUT2D eigenvalue weighted by atomic mass is 35.5. The Morgan fingerprint density at radius 3 is 2.59 bits per heavy atom. The predicted octanol–water partition coefficient (Wildman–Crippen LogP) is 3.72. The van der Waals surface area contributed by atoms with Crippen molar-refractivity contribution < 1.29 is 9.90 Å². The van der Waals surface area contributed by atoms with E-state index in [1.54, 1.807) is 12.2 Å². The second-order valence-corrected chi connectivity index (χ2v) is 4.85. The molecule has 0 saturated carbocycles. The van der Waals surface area contributed by atoms with E-state index in [0.29, 0.717) is 12.1 Å². The molecule has 22 heavy (non-hydrogen) atoms. The molecular formula is C16H22Cl2N2O2. The fourth-order valence-electron chi connectivity index (χ4n) is 2.26. The van der Waals surface area contributed by atoms with E-state index in [1.807, 2.05) is 29.4 Å². The molecule has 1 atom stereocenters. The molecule has 0 aromatic heterocycles. The third-order valence-corrected chi connectivity index (χ3v) is 3.28. The van der Waals surface area contributed by atoms with Gasteiger partial charge in [-0.1, -0.05) is 43.7 Å². The maximum Gasteiger partial charge on any atom is 0.333 e. The number of nitrogens with zero attached hydrogens (tertiary/aromatic N) is 1. The highest BCUT2D eigenvalue weighted by molar-refractivity contribution is 5.87. The van der Waals surface area contributed by atoms with Crippen LogP contribution in [0.4, 0.5) is 0 Å². The normalized spacial score (nSPS) is 14.4. The molecule has 0 saturated heterocycles.